The second-order valence-electron chi connectivity index (χ2n) is 6.42. The predicted octanol–water partition coefficient (Wildman–Crippen LogP) is 5.76. The van der Waals surface area contributed by atoms with E-state index in [4.69, 9.17) is 0 Å². The Morgan fingerprint density at radius 3 is 2.61 bits per heavy atom. The molecule has 2 nitrogen and oxygen atoms in total. The minimum Gasteiger partial charge on any atom is -0.340 e. The molecular weight excluding hydrogens is 280 g/mol. The van der Waals surface area contributed by atoms with Crippen molar-refractivity contribution in [3.63, 3.8) is 0 Å². The van der Waals surface area contributed by atoms with E-state index >= 15 is 0 Å². The predicted molar refractivity (Wildman–Crippen MR) is 99.1 cm³/mol. The molecule has 2 aromatic carbocycles. The van der Waals surface area contributed by atoms with Gasteiger partial charge in [-0.05, 0) is 48.9 Å². The number of hydrogen-bond acceptors (Lipinski definition) is 1. The average Bonchev–Trinajstić information content (AvgIpc) is 2.93. The first-order chi connectivity index (χ1) is 11.2. The van der Waals surface area contributed by atoms with Gasteiger partial charge in [0.15, 0.2) is 0 Å². The number of unbranched alkanes of at least 4 members (excludes halogenated alkanes) is 1. The highest BCUT2D eigenvalue weighted by Gasteiger charge is 2.17. The van der Waals surface area contributed by atoms with Gasteiger partial charge in [-0.15, -0.1) is 0 Å². The number of hydrogen-bond donors (Lipinski definition) is 0. The molecule has 0 aliphatic rings. The summed E-state index contributed by atoms with van der Waals surface area (Å²) in [7, 11) is 0. The van der Waals surface area contributed by atoms with E-state index in [2.05, 4.69) is 60.7 Å². The van der Waals surface area contributed by atoms with Crippen LogP contribution in [0.15, 0.2) is 42.7 Å². The number of aryl methyl sites for hydroxylation is 3. The second kappa shape index (κ2) is 5.38. The molecule has 0 amide bonds. The maximum Gasteiger partial charge on any atom is 0.0530 e. The summed E-state index contributed by atoms with van der Waals surface area (Å²) in [6.45, 7) is 7.83. The Morgan fingerprint density at radius 2 is 1.78 bits per heavy atom. The first-order valence-corrected chi connectivity index (χ1v) is 8.47. The van der Waals surface area contributed by atoms with E-state index in [1.807, 2.05) is 12.4 Å². The molecule has 116 valence electrons. The van der Waals surface area contributed by atoms with Crippen molar-refractivity contribution in [3.8, 4) is 0 Å². The normalized spacial score (nSPS) is 11.8. The average molecular weight is 302 g/mol. The third-order valence-corrected chi connectivity index (χ3v) is 5.07. The van der Waals surface area contributed by atoms with Gasteiger partial charge in [0.25, 0.3) is 0 Å². The van der Waals surface area contributed by atoms with Crippen LogP contribution in [-0.4, -0.2) is 9.55 Å². The number of pyridine rings is 1. The summed E-state index contributed by atoms with van der Waals surface area (Å²) in [5.41, 5.74) is 5.47. The standard InChI is InChI=1S/C21H22N2/c1-4-5-12-23-19-9-7-6-8-17(19)20-14(2)18-13-22-11-10-16(18)15(3)21(20)23/h6-11,13H,4-5,12H2,1-3H3. The van der Waals surface area contributed by atoms with Crippen molar-refractivity contribution in [1.82, 2.24) is 9.55 Å². The summed E-state index contributed by atoms with van der Waals surface area (Å²) < 4.78 is 2.52. The van der Waals surface area contributed by atoms with Crippen molar-refractivity contribution in [2.75, 3.05) is 0 Å². The summed E-state index contributed by atoms with van der Waals surface area (Å²) in [6.07, 6.45) is 6.33. The van der Waals surface area contributed by atoms with Crippen LogP contribution in [0, 0.1) is 13.8 Å². The van der Waals surface area contributed by atoms with Crippen molar-refractivity contribution in [3.05, 3.63) is 53.9 Å². The fraction of sp³-hybridized carbons (Fsp3) is 0.286. The summed E-state index contributed by atoms with van der Waals surface area (Å²) in [4.78, 5) is 4.35. The third-order valence-electron chi connectivity index (χ3n) is 5.07. The lowest BCUT2D eigenvalue weighted by Gasteiger charge is -2.12. The highest BCUT2D eigenvalue weighted by atomic mass is 15.0. The zero-order valence-corrected chi connectivity index (χ0v) is 14.1. The maximum atomic E-state index is 4.35. The topological polar surface area (TPSA) is 17.8 Å². The molecule has 2 heteroatoms. The van der Waals surface area contributed by atoms with Crippen molar-refractivity contribution in [2.45, 2.75) is 40.2 Å². The lowest BCUT2D eigenvalue weighted by molar-refractivity contribution is 0.664. The van der Waals surface area contributed by atoms with Crippen LogP contribution in [0.3, 0.4) is 0 Å². The van der Waals surface area contributed by atoms with Crippen LogP contribution in [0.4, 0.5) is 0 Å². The minimum atomic E-state index is 1.08. The van der Waals surface area contributed by atoms with Gasteiger partial charge in [-0.3, -0.25) is 4.98 Å². The molecule has 4 rings (SSSR count). The molecule has 0 saturated carbocycles. The smallest absolute Gasteiger partial charge is 0.0530 e. The molecular formula is C21H22N2. The molecule has 0 radical (unpaired) electrons. The molecule has 0 atom stereocenters. The van der Waals surface area contributed by atoms with E-state index in [1.54, 1.807) is 0 Å². The first-order valence-electron chi connectivity index (χ1n) is 8.47. The van der Waals surface area contributed by atoms with Gasteiger partial charge in [-0.1, -0.05) is 31.5 Å². The van der Waals surface area contributed by atoms with E-state index < -0.39 is 0 Å². The van der Waals surface area contributed by atoms with Gasteiger partial charge in [0.1, 0.15) is 0 Å². The zero-order chi connectivity index (χ0) is 16.0. The van der Waals surface area contributed by atoms with E-state index in [1.165, 1.54) is 56.5 Å². The molecule has 23 heavy (non-hydrogen) atoms. The number of benzene rings is 2. The largest absolute Gasteiger partial charge is 0.340 e. The summed E-state index contributed by atoms with van der Waals surface area (Å²) in [6, 6.07) is 11.0. The van der Waals surface area contributed by atoms with Crippen molar-refractivity contribution < 1.29 is 0 Å². The molecule has 0 aliphatic heterocycles. The molecule has 0 spiro atoms. The van der Waals surface area contributed by atoms with Crippen LogP contribution in [0.25, 0.3) is 32.6 Å². The number of para-hydroxylation sites is 1. The van der Waals surface area contributed by atoms with Crippen molar-refractivity contribution in [1.29, 1.82) is 0 Å². The maximum absolute atomic E-state index is 4.35. The molecule has 2 aromatic heterocycles. The monoisotopic (exact) mass is 302 g/mol. The van der Waals surface area contributed by atoms with Crippen LogP contribution < -0.4 is 0 Å². The Bertz CT molecular complexity index is 1020. The van der Waals surface area contributed by atoms with Gasteiger partial charge in [0.05, 0.1) is 5.52 Å². The van der Waals surface area contributed by atoms with E-state index in [0.29, 0.717) is 0 Å². The molecule has 4 aromatic rings. The molecule has 0 N–H and O–H groups in total. The highest BCUT2D eigenvalue weighted by molar-refractivity contribution is 6.16. The van der Waals surface area contributed by atoms with Crippen molar-refractivity contribution >= 4 is 32.6 Å². The van der Waals surface area contributed by atoms with Gasteiger partial charge >= 0.3 is 0 Å². The first kappa shape index (κ1) is 14.3. The van der Waals surface area contributed by atoms with Crippen LogP contribution in [0.5, 0.6) is 0 Å². The third kappa shape index (κ3) is 1.98. The van der Waals surface area contributed by atoms with Crippen molar-refractivity contribution in [2.24, 2.45) is 0 Å². The fourth-order valence-corrected chi connectivity index (χ4v) is 3.90. The molecule has 0 saturated heterocycles. The van der Waals surface area contributed by atoms with Crippen LogP contribution in [0.1, 0.15) is 30.9 Å². The Hall–Kier alpha value is -2.35. The summed E-state index contributed by atoms with van der Waals surface area (Å²) in [5, 5.41) is 5.36. The molecule has 0 aliphatic carbocycles. The van der Waals surface area contributed by atoms with Gasteiger partial charge < -0.3 is 4.57 Å². The van der Waals surface area contributed by atoms with Crippen LogP contribution >= 0.6 is 0 Å². The molecule has 0 fully saturated rings. The zero-order valence-electron chi connectivity index (χ0n) is 14.1. The van der Waals surface area contributed by atoms with E-state index in [-0.39, 0.29) is 0 Å². The highest BCUT2D eigenvalue weighted by Crippen LogP contribution is 2.38. The fourth-order valence-electron chi connectivity index (χ4n) is 3.90. The quantitative estimate of drug-likeness (QED) is 0.470. The lowest BCUT2D eigenvalue weighted by Crippen LogP contribution is -1.99. The Balaban J connectivity index is 2.25. The Labute approximate surface area is 136 Å². The lowest BCUT2D eigenvalue weighted by atomic mass is 9.97. The number of aromatic nitrogens is 2. The van der Waals surface area contributed by atoms with Crippen LogP contribution in [0.2, 0.25) is 0 Å². The van der Waals surface area contributed by atoms with Gasteiger partial charge in [0, 0.05) is 40.6 Å². The molecule has 0 unspecified atom stereocenters. The SMILES string of the molecule is CCCCn1c2ccccc2c2c(C)c3cnccc3c(C)c21. The van der Waals surface area contributed by atoms with E-state index in [9.17, 15) is 0 Å². The molecule has 0 bridgehead atoms. The van der Waals surface area contributed by atoms with Gasteiger partial charge in [-0.25, -0.2) is 0 Å². The Kier molecular flexibility index (Phi) is 3.33. The van der Waals surface area contributed by atoms with Gasteiger partial charge in [-0.2, -0.15) is 0 Å². The summed E-state index contributed by atoms with van der Waals surface area (Å²) in [5.74, 6) is 0. The summed E-state index contributed by atoms with van der Waals surface area (Å²) >= 11 is 0. The second-order valence-corrected chi connectivity index (χ2v) is 6.42. The van der Waals surface area contributed by atoms with E-state index in [0.717, 1.165) is 6.54 Å². The molecule has 2 heterocycles. The van der Waals surface area contributed by atoms with Gasteiger partial charge in [0.2, 0.25) is 0 Å². The Morgan fingerprint density at radius 1 is 0.957 bits per heavy atom. The number of rotatable bonds is 3. The van der Waals surface area contributed by atoms with Crippen LogP contribution in [-0.2, 0) is 6.54 Å². The minimum absolute atomic E-state index is 1.08. The number of nitrogens with zero attached hydrogens (tertiary/aromatic N) is 2. The number of fused-ring (bicyclic) bond motifs is 4.